The zero-order chi connectivity index (χ0) is 12.2. The van der Waals surface area contributed by atoms with Gasteiger partial charge in [-0.25, -0.2) is 0 Å². The summed E-state index contributed by atoms with van der Waals surface area (Å²) in [5.74, 6) is 0. The van der Waals surface area contributed by atoms with Gasteiger partial charge >= 0.3 is 0 Å². The largest absolute Gasteiger partial charge is 0.123 e. The maximum atomic E-state index is 6.31. The van der Waals surface area contributed by atoms with Gasteiger partial charge in [0.1, 0.15) is 0 Å². The molecule has 0 aromatic carbocycles. The predicted octanol–water partition coefficient (Wildman–Crippen LogP) is 6.28. The standard InChI is InChI=1S/C13H25Br2Cl/c1-2-3-4-5-6-7-8-13(16)11-12(15)9-10-14/h12-13H,2-11H2,1H3. The number of hydrogen-bond acceptors (Lipinski definition) is 0. The van der Waals surface area contributed by atoms with Crippen LogP contribution in [0.1, 0.15) is 64.7 Å². The number of rotatable bonds is 11. The van der Waals surface area contributed by atoms with Gasteiger partial charge in [0.2, 0.25) is 0 Å². The van der Waals surface area contributed by atoms with Crippen LogP contribution < -0.4 is 0 Å². The van der Waals surface area contributed by atoms with E-state index in [1.165, 1.54) is 51.4 Å². The Kier molecular flexibility index (Phi) is 13.7. The lowest BCUT2D eigenvalue weighted by Gasteiger charge is -2.13. The van der Waals surface area contributed by atoms with Crippen LogP contribution in [-0.2, 0) is 0 Å². The minimum Gasteiger partial charge on any atom is -0.123 e. The van der Waals surface area contributed by atoms with Gasteiger partial charge in [-0.3, -0.25) is 0 Å². The van der Waals surface area contributed by atoms with Crippen LogP contribution in [0, 0.1) is 0 Å². The summed E-state index contributed by atoms with van der Waals surface area (Å²) in [7, 11) is 0. The molecule has 3 heteroatoms. The third kappa shape index (κ3) is 11.7. The first-order valence-electron chi connectivity index (χ1n) is 6.54. The third-order valence-corrected chi connectivity index (χ3v) is 4.49. The van der Waals surface area contributed by atoms with Crippen LogP contribution in [0.4, 0.5) is 0 Å². The second kappa shape index (κ2) is 12.7. The normalized spacial score (nSPS) is 15.0. The van der Waals surface area contributed by atoms with Crippen LogP contribution in [0.3, 0.4) is 0 Å². The van der Waals surface area contributed by atoms with Crippen molar-refractivity contribution in [3.05, 3.63) is 0 Å². The molecule has 0 spiro atoms. The summed E-state index contributed by atoms with van der Waals surface area (Å²) in [6, 6.07) is 0. The molecular formula is C13H25Br2Cl. The molecule has 0 bridgehead atoms. The van der Waals surface area contributed by atoms with Crippen LogP contribution in [0.5, 0.6) is 0 Å². The minimum absolute atomic E-state index is 0.356. The number of unbranched alkanes of at least 4 members (excludes halogenated alkanes) is 5. The van der Waals surface area contributed by atoms with Gasteiger partial charge in [0.15, 0.2) is 0 Å². The lowest BCUT2D eigenvalue weighted by Crippen LogP contribution is -2.08. The van der Waals surface area contributed by atoms with Gasteiger partial charge < -0.3 is 0 Å². The van der Waals surface area contributed by atoms with Crippen molar-refractivity contribution in [3.8, 4) is 0 Å². The molecule has 0 amide bonds. The molecule has 0 rings (SSSR count). The van der Waals surface area contributed by atoms with E-state index in [-0.39, 0.29) is 0 Å². The summed E-state index contributed by atoms with van der Waals surface area (Å²) in [6.07, 6.45) is 11.6. The third-order valence-electron chi connectivity index (χ3n) is 2.80. The fraction of sp³-hybridized carbons (Fsp3) is 1.00. The van der Waals surface area contributed by atoms with E-state index < -0.39 is 0 Å². The molecule has 16 heavy (non-hydrogen) atoms. The molecule has 0 aliphatic heterocycles. The summed E-state index contributed by atoms with van der Waals surface area (Å²) < 4.78 is 0. The van der Waals surface area contributed by atoms with E-state index in [2.05, 4.69) is 38.8 Å². The Morgan fingerprint density at radius 3 is 2.25 bits per heavy atom. The van der Waals surface area contributed by atoms with E-state index in [4.69, 9.17) is 11.6 Å². The molecule has 0 radical (unpaired) electrons. The summed E-state index contributed by atoms with van der Waals surface area (Å²) in [6.45, 7) is 2.26. The molecule has 98 valence electrons. The molecular weight excluding hydrogens is 351 g/mol. The highest BCUT2D eigenvalue weighted by molar-refractivity contribution is 9.10. The van der Waals surface area contributed by atoms with Crippen molar-refractivity contribution in [2.24, 2.45) is 0 Å². The van der Waals surface area contributed by atoms with Crippen LogP contribution in [0.15, 0.2) is 0 Å². The second-order valence-electron chi connectivity index (χ2n) is 4.46. The molecule has 0 nitrogen and oxygen atoms in total. The van der Waals surface area contributed by atoms with Gasteiger partial charge in [-0.05, 0) is 19.3 Å². The highest BCUT2D eigenvalue weighted by Gasteiger charge is 2.10. The minimum atomic E-state index is 0.356. The van der Waals surface area contributed by atoms with Crippen molar-refractivity contribution in [2.45, 2.75) is 74.9 Å². The van der Waals surface area contributed by atoms with Crippen LogP contribution in [-0.4, -0.2) is 15.5 Å². The summed E-state index contributed by atoms with van der Waals surface area (Å²) >= 11 is 13.4. The zero-order valence-corrected chi connectivity index (χ0v) is 14.3. The first kappa shape index (κ1) is 17.2. The predicted molar refractivity (Wildman–Crippen MR) is 83.4 cm³/mol. The maximum Gasteiger partial charge on any atom is 0.0346 e. The Balaban J connectivity index is 3.26. The topological polar surface area (TPSA) is 0 Å². The van der Waals surface area contributed by atoms with Crippen molar-refractivity contribution < 1.29 is 0 Å². The molecule has 2 atom stereocenters. The zero-order valence-electron chi connectivity index (χ0n) is 10.4. The molecule has 0 saturated heterocycles. The van der Waals surface area contributed by atoms with E-state index in [1.54, 1.807) is 0 Å². The molecule has 0 fully saturated rings. The smallest absolute Gasteiger partial charge is 0.0346 e. The Labute approximate surface area is 123 Å². The highest BCUT2D eigenvalue weighted by atomic mass is 79.9. The quantitative estimate of drug-likeness (QED) is 0.294. The monoisotopic (exact) mass is 374 g/mol. The van der Waals surface area contributed by atoms with Gasteiger partial charge in [-0.1, -0.05) is 77.3 Å². The lowest BCUT2D eigenvalue weighted by molar-refractivity contribution is 0.564. The van der Waals surface area contributed by atoms with Crippen molar-refractivity contribution >= 4 is 43.5 Å². The van der Waals surface area contributed by atoms with E-state index in [1.807, 2.05) is 0 Å². The maximum absolute atomic E-state index is 6.31. The average molecular weight is 377 g/mol. The SMILES string of the molecule is CCCCCCCCC(Cl)CC(Br)CCBr. The molecule has 0 saturated carbocycles. The Morgan fingerprint density at radius 1 is 1.00 bits per heavy atom. The van der Waals surface area contributed by atoms with Crippen molar-refractivity contribution in [3.63, 3.8) is 0 Å². The Morgan fingerprint density at radius 2 is 1.62 bits per heavy atom. The molecule has 0 aromatic heterocycles. The van der Waals surface area contributed by atoms with Gasteiger partial charge in [-0.15, -0.1) is 11.6 Å². The van der Waals surface area contributed by atoms with Crippen molar-refractivity contribution in [2.75, 3.05) is 5.33 Å². The number of halogens is 3. The fourth-order valence-electron chi connectivity index (χ4n) is 1.78. The molecule has 0 aromatic rings. The van der Waals surface area contributed by atoms with Crippen molar-refractivity contribution in [1.82, 2.24) is 0 Å². The van der Waals surface area contributed by atoms with Gasteiger partial charge in [-0.2, -0.15) is 0 Å². The van der Waals surface area contributed by atoms with Crippen molar-refractivity contribution in [1.29, 1.82) is 0 Å². The molecule has 0 N–H and O–H groups in total. The Bertz CT molecular complexity index is 142. The fourth-order valence-corrected chi connectivity index (χ4v) is 4.21. The van der Waals surface area contributed by atoms with Gasteiger partial charge in [0, 0.05) is 15.5 Å². The van der Waals surface area contributed by atoms with E-state index in [0.717, 1.165) is 11.8 Å². The first-order chi connectivity index (χ1) is 7.70. The highest BCUT2D eigenvalue weighted by Crippen LogP contribution is 2.21. The molecule has 0 aliphatic rings. The van der Waals surface area contributed by atoms with E-state index in [9.17, 15) is 0 Å². The van der Waals surface area contributed by atoms with Gasteiger partial charge in [0.25, 0.3) is 0 Å². The van der Waals surface area contributed by atoms with Crippen LogP contribution in [0.2, 0.25) is 0 Å². The number of alkyl halides is 3. The van der Waals surface area contributed by atoms with E-state index in [0.29, 0.717) is 10.2 Å². The molecule has 0 heterocycles. The van der Waals surface area contributed by atoms with Gasteiger partial charge in [0.05, 0.1) is 0 Å². The first-order valence-corrected chi connectivity index (χ1v) is 9.02. The number of hydrogen-bond donors (Lipinski definition) is 0. The molecule has 2 unspecified atom stereocenters. The summed E-state index contributed by atoms with van der Waals surface area (Å²) in [5, 5.41) is 1.42. The van der Waals surface area contributed by atoms with Crippen LogP contribution in [0.25, 0.3) is 0 Å². The molecule has 0 aliphatic carbocycles. The lowest BCUT2D eigenvalue weighted by atomic mass is 10.1. The summed E-state index contributed by atoms with van der Waals surface area (Å²) in [4.78, 5) is 0.578. The Hall–Kier alpha value is 1.25. The summed E-state index contributed by atoms with van der Waals surface area (Å²) in [5.41, 5.74) is 0. The second-order valence-corrected chi connectivity index (χ2v) is 7.17. The average Bonchev–Trinajstić information content (AvgIpc) is 2.23. The van der Waals surface area contributed by atoms with E-state index >= 15 is 0 Å². The van der Waals surface area contributed by atoms with Crippen LogP contribution >= 0.6 is 43.5 Å².